The number of aromatic hydroxyl groups is 1. The SMILES string of the molecule is CC(=O)Nc1nc(O)c(C=C2C=c3ccccc3=NC2=O)s1. The predicted octanol–water partition coefficient (Wildman–Crippen LogP) is 0.831. The molecule has 2 aromatic rings. The third-order valence-corrected chi connectivity index (χ3v) is 3.83. The molecule has 0 unspecified atom stereocenters. The highest BCUT2D eigenvalue weighted by molar-refractivity contribution is 7.16. The van der Waals surface area contributed by atoms with Crippen LogP contribution in [-0.2, 0) is 9.59 Å². The number of nitrogens with zero attached hydrogens (tertiary/aromatic N) is 2. The molecule has 1 aromatic heterocycles. The lowest BCUT2D eigenvalue weighted by Crippen LogP contribution is -2.29. The lowest BCUT2D eigenvalue weighted by atomic mass is 10.1. The number of aromatic nitrogens is 1. The number of anilines is 1. The molecule has 7 heteroatoms. The van der Waals surface area contributed by atoms with E-state index in [1.54, 1.807) is 12.1 Å². The average Bonchev–Trinajstić information content (AvgIpc) is 2.78. The smallest absolute Gasteiger partial charge is 0.277 e. The van der Waals surface area contributed by atoms with Crippen molar-refractivity contribution in [3.8, 4) is 5.88 Å². The Morgan fingerprint density at radius 2 is 2.14 bits per heavy atom. The second-order valence-corrected chi connectivity index (χ2v) is 5.64. The Morgan fingerprint density at radius 3 is 2.91 bits per heavy atom. The minimum Gasteiger partial charge on any atom is -0.492 e. The molecule has 0 saturated carbocycles. The summed E-state index contributed by atoms with van der Waals surface area (Å²) in [6, 6.07) is 7.29. The Balaban J connectivity index is 2.03. The van der Waals surface area contributed by atoms with E-state index >= 15 is 0 Å². The Bertz CT molecular complexity index is 928. The Morgan fingerprint density at radius 1 is 1.36 bits per heavy atom. The van der Waals surface area contributed by atoms with Gasteiger partial charge in [-0.05, 0) is 18.2 Å². The number of amides is 2. The van der Waals surface area contributed by atoms with Crippen molar-refractivity contribution < 1.29 is 14.7 Å². The predicted molar refractivity (Wildman–Crippen MR) is 82.8 cm³/mol. The number of fused-ring (bicyclic) bond motifs is 1. The van der Waals surface area contributed by atoms with Gasteiger partial charge < -0.3 is 10.4 Å². The molecular formula is C15H11N3O3S. The second kappa shape index (κ2) is 5.53. The molecule has 0 atom stereocenters. The zero-order chi connectivity index (χ0) is 15.7. The fourth-order valence-corrected chi connectivity index (χ4v) is 2.84. The van der Waals surface area contributed by atoms with Gasteiger partial charge in [-0.3, -0.25) is 9.59 Å². The molecule has 110 valence electrons. The maximum Gasteiger partial charge on any atom is 0.277 e. The normalized spacial score (nSPS) is 15.0. The summed E-state index contributed by atoms with van der Waals surface area (Å²) in [5.74, 6) is -0.897. The molecule has 0 bridgehead atoms. The minimum absolute atomic E-state index is 0.235. The van der Waals surface area contributed by atoms with Crippen molar-refractivity contribution in [3.05, 3.63) is 45.3 Å². The highest BCUT2D eigenvalue weighted by Crippen LogP contribution is 2.30. The minimum atomic E-state index is -0.382. The van der Waals surface area contributed by atoms with E-state index in [4.69, 9.17) is 0 Å². The second-order valence-electron chi connectivity index (χ2n) is 4.61. The maximum atomic E-state index is 12.0. The van der Waals surface area contributed by atoms with Gasteiger partial charge in [-0.1, -0.05) is 29.5 Å². The topological polar surface area (TPSA) is 91.7 Å². The van der Waals surface area contributed by atoms with E-state index in [1.165, 1.54) is 13.0 Å². The van der Waals surface area contributed by atoms with E-state index < -0.39 is 0 Å². The molecule has 0 aliphatic carbocycles. The summed E-state index contributed by atoms with van der Waals surface area (Å²) in [7, 11) is 0. The van der Waals surface area contributed by atoms with E-state index in [1.807, 2.05) is 18.2 Å². The first-order chi connectivity index (χ1) is 10.5. The molecule has 3 rings (SSSR count). The number of rotatable bonds is 2. The summed E-state index contributed by atoms with van der Waals surface area (Å²) in [5.41, 5.74) is 0.354. The molecule has 6 nitrogen and oxygen atoms in total. The molecule has 2 heterocycles. The Hall–Kier alpha value is -2.80. The zero-order valence-electron chi connectivity index (χ0n) is 11.5. The van der Waals surface area contributed by atoms with Gasteiger partial charge in [0.15, 0.2) is 5.13 Å². The number of para-hydroxylation sites is 1. The van der Waals surface area contributed by atoms with E-state index in [-0.39, 0.29) is 22.8 Å². The van der Waals surface area contributed by atoms with Crippen LogP contribution < -0.4 is 15.9 Å². The summed E-state index contributed by atoms with van der Waals surface area (Å²) >= 11 is 1.08. The van der Waals surface area contributed by atoms with Crippen molar-refractivity contribution in [3.63, 3.8) is 0 Å². The molecule has 0 radical (unpaired) electrons. The molecular weight excluding hydrogens is 302 g/mol. The summed E-state index contributed by atoms with van der Waals surface area (Å²) in [5, 5.41) is 14.0. The number of benzene rings is 1. The fourth-order valence-electron chi connectivity index (χ4n) is 1.98. The van der Waals surface area contributed by atoms with Crippen molar-refractivity contribution in [1.29, 1.82) is 0 Å². The molecule has 2 N–H and O–H groups in total. The largest absolute Gasteiger partial charge is 0.492 e. The van der Waals surface area contributed by atoms with E-state index in [0.717, 1.165) is 16.6 Å². The monoisotopic (exact) mass is 313 g/mol. The standard InChI is InChI=1S/C15H11N3O3S/c1-8(19)16-15-18-14(21)12(22-15)7-10-6-9-4-2-3-5-11(9)17-13(10)20/h2-7,21H,1H3,(H,16,18,19). The van der Waals surface area contributed by atoms with Crippen LogP contribution in [0.25, 0.3) is 12.2 Å². The Labute approximate surface area is 129 Å². The van der Waals surface area contributed by atoms with Crippen molar-refractivity contribution in [2.45, 2.75) is 6.92 Å². The fraction of sp³-hybridized carbons (Fsp3) is 0.0667. The summed E-state index contributed by atoms with van der Waals surface area (Å²) in [6.07, 6.45) is 3.22. The average molecular weight is 313 g/mol. The van der Waals surface area contributed by atoms with Crippen LogP contribution in [-0.4, -0.2) is 21.9 Å². The molecule has 1 aromatic carbocycles. The highest BCUT2D eigenvalue weighted by atomic mass is 32.1. The number of carbonyl (C=O) groups is 2. The number of nitrogens with one attached hydrogen (secondary N) is 1. The molecule has 1 aliphatic rings. The summed E-state index contributed by atoms with van der Waals surface area (Å²) < 4.78 is 0. The maximum absolute atomic E-state index is 12.0. The van der Waals surface area contributed by atoms with Crippen LogP contribution in [0.1, 0.15) is 11.8 Å². The van der Waals surface area contributed by atoms with E-state index in [0.29, 0.717) is 15.8 Å². The van der Waals surface area contributed by atoms with Crippen molar-refractivity contribution in [1.82, 2.24) is 4.98 Å². The number of hydrogen-bond acceptors (Lipinski definition) is 5. The number of carbonyl (C=O) groups excluding carboxylic acids is 2. The number of thiazole rings is 1. The number of hydrogen-bond donors (Lipinski definition) is 2. The van der Waals surface area contributed by atoms with Crippen molar-refractivity contribution in [2.24, 2.45) is 4.99 Å². The van der Waals surface area contributed by atoms with Crippen molar-refractivity contribution >= 4 is 40.4 Å². The van der Waals surface area contributed by atoms with Gasteiger partial charge in [0, 0.05) is 17.7 Å². The van der Waals surface area contributed by atoms with Gasteiger partial charge in [0.25, 0.3) is 5.91 Å². The first kappa shape index (κ1) is 14.2. The summed E-state index contributed by atoms with van der Waals surface area (Å²) in [4.78, 5) is 31.2. The van der Waals surface area contributed by atoms with Gasteiger partial charge >= 0.3 is 0 Å². The van der Waals surface area contributed by atoms with Crippen molar-refractivity contribution in [2.75, 3.05) is 5.32 Å². The first-order valence-electron chi connectivity index (χ1n) is 6.42. The van der Waals surface area contributed by atoms with Crippen LogP contribution in [0.5, 0.6) is 5.88 Å². The molecule has 22 heavy (non-hydrogen) atoms. The molecule has 0 spiro atoms. The zero-order valence-corrected chi connectivity index (χ0v) is 12.3. The van der Waals surface area contributed by atoms with Gasteiger partial charge in [-0.2, -0.15) is 4.98 Å². The van der Waals surface area contributed by atoms with Gasteiger partial charge in [0.1, 0.15) is 0 Å². The van der Waals surface area contributed by atoms with Crippen LogP contribution in [0.2, 0.25) is 0 Å². The summed E-state index contributed by atoms with van der Waals surface area (Å²) in [6.45, 7) is 1.35. The Kier molecular flexibility index (Phi) is 3.56. The lowest BCUT2D eigenvalue weighted by molar-refractivity contribution is -0.115. The van der Waals surface area contributed by atoms with Crippen LogP contribution in [0.15, 0.2) is 34.8 Å². The van der Waals surface area contributed by atoms with E-state index in [9.17, 15) is 14.7 Å². The molecule has 1 aliphatic heterocycles. The van der Waals surface area contributed by atoms with Gasteiger partial charge in [0.05, 0.1) is 10.2 Å². The van der Waals surface area contributed by atoms with Crippen LogP contribution in [0.3, 0.4) is 0 Å². The third-order valence-electron chi connectivity index (χ3n) is 2.92. The molecule has 0 fully saturated rings. The first-order valence-corrected chi connectivity index (χ1v) is 7.23. The molecule has 0 saturated heterocycles. The third kappa shape index (κ3) is 2.79. The quantitative estimate of drug-likeness (QED) is 0.803. The van der Waals surface area contributed by atoms with Gasteiger partial charge in [-0.25, -0.2) is 4.99 Å². The lowest BCUT2D eigenvalue weighted by Gasteiger charge is -2.02. The van der Waals surface area contributed by atoms with Crippen LogP contribution in [0, 0.1) is 0 Å². The van der Waals surface area contributed by atoms with Gasteiger partial charge in [-0.15, -0.1) is 0 Å². The van der Waals surface area contributed by atoms with Crippen LogP contribution >= 0.6 is 11.3 Å². The highest BCUT2D eigenvalue weighted by Gasteiger charge is 2.14. The molecule has 2 amide bonds. The van der Waals surface area contributed by atoms with E-state index in [2.05, 4.69) is 15.3 Å². The van der Waals surface area contributed by atoms with Crippen LogP contribution in [0.4, 0.5) is 5.13 Å². The van der Waals surface area contributed by atoms with Gasteiger partial charge in [0.2, 0.25) is 11.8 Å².